The zero-order valence-corrected chi connectivity index (χ0v) is 10.0. The Labute approximate surface area is 108 Å². The molecule has 0 amide bonds. The summed E-state index contributed by atoms with van der Waals surface area (Å²) in [7, 11) is 0. The third-order valence-electron chi connectivity index (χ3n) is 3.23. The van der Waals surface area contributed by atoms with E-state index in [2.05, 4.69) is 15.0 Å². The smallest absolute Gasteiger partial charge is 0.167 e. The van der Waals surface area contributed by atoms with Gasteiger partial charge in [0.1, 0.15) is 30.3 Å². The van der Waals surface area contributed by atoms with Crippen LogP contribution in [0.15, 0.2) is 12.7 Å². The van der Waals surface area contributed by atoms with Gasteiger partial charge in [0, 0.05) is 6.42 Å². The average Bonchev–Trinajstić information content (AvgIpc) is 3.02. The number of hydrogen-bond acceptors (Lipinski definition) is 8. The zero-order valence-electron chi connectivity index (χ0n) is 10.0. The molecule has 1 aliphatic heterocycles. The van der Waals surface area contributed by atoms with Gasteiger partial charge in [0.15, 0.2) is 11.5 Å². The van der Waals surface area contributed by atoms with E-state index in [4.69, 9.17) is 21.2 Å². The quantitative estimate of drug-likeness (QED) is 0.599. The molecule has 2 aromatic rings. The molecule has 0 radical (unpaired) electrons. The minimum atomic E-state index is -0.466. The Balaban J connectivity index is 1.95. The van der Waals surface area contributed by atoms with Crippen molar-refractivity contribution in [3.8, 4) is 0 Å². The molecular formula is C10H14N6O3. The molecular weight excluding hydrogens is 252 g/mol. The number of nitrogens with two attached hydrogens (primary N) is 2. The van der Waals surface area contributed by atoms with E-state index in [0.717, 1.165) is 0 Å². The van der Waals surface area contributed by atoms with Gasteiger partial charge in [-0.25, -0.2) is 20.8 Å². The fraction of sp³-hybridized carbons (Fsp3) is 0.500. The van der Waals surface area contributed by atoms with Crippen molar-refractivity contribution in [2.75, 3.05) is 12.3 Å². The van der Waals surface area contributed by atoms with Crippen LogP contribution in [0.1, 0.15) is 12.6 Å². The minimum absolute atomic E-state index is 0.165. The molecule has 0 spiro atoms. The van der Waals surface area contributed by atoms with Gasteiger partial charge >= 0.3 is 0 Å². The predicted molar refractivity (Wildman–Crippen MR) is 64.4 cm³/mol. The summed E-state index contributed by atoms with van der Waals surface area (Å²) in [6.07, 6.45) is 2.25. The van der Waals surface area contributed by atoms with Crippen LogP contribution in [-0.2, 0) is 9.57 Å². The van der Waals surface area contributed by atoms with Crippen LogP contribution >= 0.6 is 0 Å². The van der Waals surface area contributed by atoms with Crippen molar-refractivity contribution in [3.63, 3.8) is 0 Å². The van der Waals surface area contributed by atoms with E-state index in [9.17, 15) is 5.11 Å². The summed E-state index contributed by atoms with van der Waals surface area (Å²) < 4.78 is 7.40. The van der Waals surface area contributed by atoms with E-state index in [1.165, 1.54) is 6.33 Å². The summed E-state index contributed by atoms with van der Waals surface area (Å²) in [5.74, 6) is 5.50. The predicted octanol–water partition coefficient (Wildman–Crippen LogP) is -1.05. The number of ether oxygens (including phenoxy) is 1. The largest absolute Gasteiger partial charge is 0.394 e. The number of nitrogens with zero attached hydrogens (tertiary/aromatic N) is 4. The van der Waals surface area contributed by atoms with Gasteiger partial charge in [-0.1, -0.05) is 0 Å². The van der Waals surface area contributed by atoms with E-state index >= 15 is 0 Å². The molecule has 1 saturated heterocycles. The number of hydrogen-bond donors (Lipinski definition) is 3. The number of aliphatic hydroxyl groups excluding tert-OH is 1. The molecule has 3 rings (SSSR count). The Morgan fingerprint density at radius 1 is 1.47 bits per heavy atom. The molecule has 3 atom stereocenters. The van der Waals surface area contributed by atoms with E-state index in [0.29, 0.717) is 23.4 Å². The summed E-state index contributed by atoms with van der Waals surface area (Å²) in [6.45, 7) is -0.165. The molecule has 0 saturated carbocycles. The first kappa shape index (κ1) is 12.2. The lowest BCUT2D eigenvalue weighted by Gasteiger charge is -2.13. The lowest BCUT2D eigenvalue weighted by atomic mass is 10.2. The molecule has 0 aromatic carbocycles. The van der Waals surface area contributed by atoms with E-state index in [1.807, 2.05) is 0 Å². The van der Waals surface area contributed by atoms with Crippen LogP contribution in [0, 0.1) is 0 Å². The van der Waals surface area contributed by atoms with Crippen LogP contribution in [-0.4, -0.2) is 43.4 Å². The van der Waals surface area contributed by atoms with Crippen molar-refractivity contribution in [2.24, 2.45) is 5.90 Å². The van der Waals surface area contributed by atoms with Gasteiger partial charge in [0.25, 0.3) is 0 Å². The Morgan fingerprint density at radius 2 is 2.32 bits per heavy atom. The van der Waals surface area contributed by atoms with Gasteiger partial charge in [-0.3, -0.25) is 9.40 Å². The highest BCUT2D eigenvalue weighted by Gasteiger charge is 2.37. The number of fused-ring (bicyclic) bond motifs is 1. The zero-order chi connectivity index (χ0) is 13.4. The fourth-order valence-corrected chi connectivity index (χ4v) is 2.26. The van der Waals surface area contributed by atoms with Gasteiger partial charge in [-0.05, 0) is 0 Å². The van der Waals surface area contributed by atoms with Gasteiger partial charge < -0.3 is 15.6 Å². The summed E-state index contributed by atoms with van der Waals surface area (Å²) in [4.78, 5) is 17.0. The first-order valence-corrected chi connectivity index (χ1v) is 5.79. The Hall–Kier alpha value is -1.81. The highest BCUT2D eigenvalue weighted by atomic mass is 16.7. The molecule has 0 bridgehead atoms. The molecule has 102 valence electrons. The third kappa shape index (κ3) is 1.92. The molecule has 5 N–H and O–H groups in total. The topological polar surface area (TPSA) is 134 Å². The highest BCUT2D eigenvalue weighted by Crippen LogP contribution is 2.32. The van der Waals surface area contributed by atoms with Gasteiger partial charge in [0.2, 0.25) is 0 Å². The molecule has 2 aromatic heterocycles. The fourth-order valence-electron chi connectivity index (χ4n) is 2.26. The second-order valence-electron chi connectivity index (χ2n) is 4.30. The van der Waals surface area contributed by atoms with E-state index < -0.39 is 6.10 Å². The first-order chi connectivity index (χ1) is 9.24. The van der Waals surface area contributed by atoms with Gasteiger partial charge in [0.05, 0.1) is 12.9 Å². The lowest BCUT2D eigenvalue weighted by Crippen LogP contribution is -2.29. The maximum atomic E-state index is 9.21. The van der Waals surface area contributed by atoms with Crippen molar-refractivity contribution in [3.05, 3.63) is 12.7 Å². The molecule has 9 nitrogen and oxygen atoms in total. The second-order valence-corrected chi connectivity index (χ2v) is 4.30. The van der Waals surface area contributed by atoms with Crippen LogP contribution in [0.2, 0.25) is 0 Å². The summed E-state index contributed by atoms with van der Waals surface area (Å²) in [6, 6.07) is 0. The summed E-state index contributed by atoms with van der Waals surface area (Å²) in [5.41, 5.74) is 6.82. The van der Waals surface area contributed by atoms with E-state index in [-0.39, 0.29) is 18.9 Å². The van der Waals surface area contributed by atoms with Gasteiger partial charge in [-0.2, -0.15) is 0 Å². The van der Waals surface area contributed by atoms with Crippen LogP contribution in [0.3, 0.4) is 0 Å². The first-order valence-electron chi connectivity index (χ1n) is 5.79. The number of nitrogen functional groups attached to an aromatic ring is 1. The number of rotatable bonds is 3. The molecule has 1 unspecified atom stereocenters. The SMILES string of the molecule is NOC1C[C@H](n2cnc3c(N)ncnc32)O[C@@H]1CO. The minimum Gasteiger partial charge on any atom is -0.394 e. The summed E-state index contributed by atoms with van der Waals surface area (Å²) in [5, 5.41) is 9.21. The van der Waals surface area contributed by atoms with Gasteiger partial charge in [-0.15, -0.1) is 0 Å². The number of aromatic nitrogens is 4. The van der Waals surface area contributed by atoms with Crippen molar-refractivity contribution >= 4 is 17.0 Å². The van der Waals surface area contributed by atoms with Crippen LogP contribution in [0.4, 0.5) is 5.82 Å². The maximum Gasteiger partial charge on any atom is 0.167 e. The average molecular weight is 266 g/mol. The highest BCUT2D eigenvalue weighted by molar-refractivity contribution is 5.81. The van der Waals surface area contributed by atoms with Crippen LogP contribution in [0.5, 0.6) is 0 Å². The van der Waals surface area contributed by atoms with Crippen molar-refractivity contribution < 1.29 is 14.7 Å². The molecule has 9 heteroatoms. The number of aliphatic hydroxyl groups is 1. The monoisotopic (exact) mass is 266 g/mol. The normalized spacial score (nSPS) is 27.2. The Bertz CT molecular complexity index is 576. The Kier molecular flexibility index (Phi) is 3.03. The van der Waals surface area contributed by atoms with Crippen molar-refractivity contribution in [1.82, 2.24) is 19.5 Å². The van der Waals surface area contributed by atoms with Crippen LogP contribution < -0.4 is 11.6 Å². The molecule has 3 heterocycles. The molecule has 1 aliphatic rings. The van der Waals surface area contributed by atoms with Crippen molar-refractivity contribution in [1.29, 1.82) is 0 Å². The Morgan fingerprint density at radius 3 is 3.00 bits per heavy atom. The molecule has 0 aliphatic carbocycles. The lowest BCUT2D eigenvalue weighted by molar-refractivity contribution is -0.0612. The van der Waals surface area contributed by atoms with Crippen molar-refractivity contribution in [2.45, 2.75) is 24.9 Å². The number of imidazole rings is 1. The summed E-state index contributed by atoms with van der Waals surface area (Å²) >= 11 is 0. The molecule has 1 fully saturated rings. The second kappa shape index (κ2) is 4.70. The third-order valence-corrected chi connectivity index (χ3v) is 3.23. The standard InChI is InChI=1S/C10H14N6O3/c11-9-8-10(14-3-13-9)16(4-15-8)7-1-5(19-12)6(2-17)18-7/h3-7,17H,1-2,12H2,(H2,11,13,14)/t5?,6-,7-/m1/s1. The van der Waals surface area contributed by atoms with E-state index in [1.54, 1.807) is 10.9 Å². The molecule has 19 heavy (non-hydrogen) atoms. The van der Waals surface area contributed by atoms with Crippen LogP contribution in [0.25, 0.3) is 11.2 Å². The maximum absolute atomic E-state index is 9.21. The number of anilines is 1.